The topological polar surface area (TPSA) is 83.8 Å². The molecule has 2 N–H and O–H groups in total. The number of Topliss-reactive ketones (excluding diaryl/α,β-unsaturated/α-hetero) is 1. The number of thioether (sulfide) groups is 1. The number of hydrogen-bond acceptors (Lipinski definition) is 6. The summed E-state index contributed by atoms with van der Waals surface area (Å²) in [5.74, 6) is 0.914. The quantitative estimate of drug-likeness (QED) is 0.648. The number of rotatable bonds is 7. The van der Waals surface area contributed by atoms with E-state index in [9.17, 15) is 14.7 Å². The van der Waals surface area contributed by atoms with Crippen molar-refractivity contribution in [1.82, 2.24) is 0 Å². The first-order valence-electron chi connectivity index (χ1n) is 6.07. The van der Waals surface area contributed by atoms with Gasteiger partial charge in [0, 0.05) is 36.7 Å². The maximum absolute atomic E-state index is 11.7. The fraction of sp³-hybridized carbons (Fsp3) is 0.833. The Morgan fingerprint density at radius 1 is 1.61 bits per heavy atom. The fourth-order valence-corrected chi connectivity index (χ4v) is 3.24. The number of ether oxygens (including phenoxy) is 1. The number of carbonyl (C=O) groups excluding carboxylic acids is 2. The highest BCUT2D eigenvalue weighted by molar-refractivity contribution is 7.99. The SMILES string of the molecule is CC(=O)OCC1CCC(=O)C1CSCC(O)CO. The smallest absolute Gasteiger partial charge is 0.302 e. The summed E-state index contributed by atoms with van der Waals surface area (Å²) in [5, 5.41) is 17.9. The first-order chi connectivity index (χ1) is 8.54. The largest absolute Gasteiger partial charge is 0.466 e. The van der Waals surface area contributed by atoms with Crippen molar-refractivity contribution >= 4 is 23.5 Å². The zero-order chi connectivity index (χ0) is 13.5. The number of ketones is 1. The minimum atomic E-state index is -0.738. The molecule has 18 heavy (non-hydrogen) atoms. The molecule has 3 atom stereocenters. The molecule has 0 bridgehead atoms. The Morgan fingerprint density at radius 2 is 2.33 bits per heavy atom. The average Bonchev–Trinajstić information content (AvgIpc) is 2.68. The number of aliphatic hydroxyl groups excluding tert-OH is 2. The fourth-order valence-electron chi connectivity index (χ4n) is 2.01. The van der Waals surface area contributed by atoms with Gasteiger partial charge in [-0.1, -0.05) is 0 Å². The zero-order valence-corrected chi connectivity index (χ0v) is 11.3. The highest BCUT2D eigenvalue weighted by Crippen LogP contribution is 2.31. The van der Waals surface area contributed by atoms with E-state index in [1.165, 1.54) is 18.7 Å². The molecule has 0 aromatic heterocycles. The lowest BCUT2D eigenvalue weighted by Gasteiger charge is -2.18. The minimum absolute atomic E-state index is 0.0970. The van der Waals surface area contributed by atoms with Gasteiger partial charge in [0.15, 0.2) is 0 Å². The Bertz CT molecular complexity index is 294. The van der Waals surface area contributed by atoms with Gasteiger partial charge in [0.05, 0.1) is 19.3 Å². The molecule has 1 rings (SSSR count). The molecule has 1 fully saturated rings. The summed E-state index contributed by atoms with van der Waals surface area (Å²) in [6.45, 7) is 1.40. The van der Waals surface area contributed by atoms with Crippen molar-refractivity contribution in [3.8, 4) is 0 Å². The van der Waals surface area contributed by atoms with Crippen molar-refractivity contribution < 1.29 is 24.5 Å². The number of hydrogen-bond donors (Lipinski definition) is 2. The van der Waals surface area contributed by atoms with Gasteiger partial charge in [-0.25, -0.2) is 0 Å². The van der Waals surface area contributed by atoms with Crippen LogP contribution < -0.4 is 0 Å². The van der Waals surface area contributed by atoms with Crippen molar-refractivity contribution in [1.29, 1.82) is 0 Å². The molecule has 0 amide bonds. The Morgan fingerprint density at radius 3 is 2.94 bits per heavy atom. The second kappa shape index (κ2) is 7.76. The molecule has 0 saturated heterocycles. The first kappa shape index (κ1) is 15.5. The third-order valence-corrected chi connectivity index (χ3v) is 4.28. The molecule has 0 aromatic rings. The van der Waals surface area contributed by atoms with E-state index in [4.69, 9.17) is 9.84 Å². The molecule has 6 heteroatoms. The van der Waals surface area contributed by atoms with Gasteiger partial charge in [-0.2, -0.15) is 11.8 Å². The van der Waals surface area contributed by atoms with Gasteiger partial charge in [-0.3, -0.25) is 9.59 Å². The van der Waals surface area contributed by atoms with E-state index in [0.717, 1.165) is 6.42 Å². The first-order valence-corrected chi connectivity index (χ1v) is 7.22. The minimum Gasteiger partial charge on any atom is -0.466 e. The van der Waals surface area contributed by atoms with Crippen LogP contribution in [0.4, 0.5) is 0 Å². The summed E-state index contributed by atoms with van der Waals surface area (Å²) < 4.78 is 4.96. The Hall–Kier alpha value is -0.590. The van der Waals surface area contributed by atoms with E-state index in [1.54, 1.807) is 0 Å². The molecule has 0 spiro atoms. The summed E-state index contributed by atoms with van der Waals surface area (Å²) >= 11 is 1.45. The van der Waals surface area contributed by atoms with Crippen LogP contribution in [0.2, 0.25) is 0 Å². The molecule has 3 unspecified atom stereocenters. The van der Waals surface area contributed by atoms with E-state index >= 15 is 0 Å². The van der Waals surface area contributed by atoms with Crippen molar-refractivity contribution in [2.75, 3.05) is 24.7 Å². The normalized spacial score (nSPS) is 25.2. The van der Waals surface area contributed by atoms with Gasteiger partial charge in [0.25, 0.3) is 0 Å². The maximum Gasteiger partial charge on any atom is 0.302 e. The van der Waals surface area contributed by atoms with Crippen LogP contribution in [0.1, 0.15) is 19.8 Å². The van der Waals surface area contributed by atoms with Crippen LogP contribution in [0, 0.1) is 11.8 Å². The Labute approximate surface area is 111 Å². The van der Waals surface area contributed by atoms with Gasteiger partial charge < -0.3 is 14.9 Å². The predicted octanol–water partition coefficient (Wildman–Crippen LogP) is 0.231. The molecular formula is C12H20O5S. The van der Waals surface area contributed by atoms with Crippen molar-refractivity contribution in [3.63, 3.8) is 0 Å². The van der Waals surface area contributed by atoms with Gasteiger partial charge in [0.1, 0.15) is 5.78 Å². The highest BCUT2D eigenvalue weighted by atomic mass is 32.2. The maximum atomic E-state index is 11.7. The van der Waals surface area contributed by atoms with E-state index in [0.29, 0.717) is 24.5 Å². The van der Waals surface area contributed by atoms with Crippen molar-refractivity contribution in [3.05, 3.63) is 0 Å². The van der Waals surface area contributed by atoms with Crippen LogP contribution in [0.25, 0.3) is 0 Å². The van der Waals surface area contributed by atoms with Crippen LogP contribution in [0.15, 0.2) is 0 Å². The van der Waals surface area contributed by atoms with Crippen LogP contribution in [-0.2, 0) is 14.3 Å². The Kier molecular flexibility index (Phi) is 6.67. The molecule has 104 valence electrons. The van der Waals surface area contributed by atoms with E-state index in [-0.39, 0.29) is 30.2 Å². The summed E-state index contributed by atoms with van der Waals surface area (Å²) in [4.78, 5) is 22.5. The second-order valence-corrected chi connectivity index (χ2v) is 5.62. The third kappa shape index (κ3) is 4.96. The zero-order valence-electron chi connectivity index (χ0n) is 10.5. The lowest BCUT2D eigenvalue weighted by Crippen LogP contribution is -2.24. The second-order valence-electron chi connectivity index (χ2n) is 4.55. The van der Waals surface area contributed by atoms with Crippen LogP contribution in [0.5, 0.6) is 0 Å². The third-order valence-electron chi connectivity index (χ3n) is 3.06. The molecular weight excluding hydrogens is 256 g/mol. The molecule has 0 aliphatic heterocycles. The summed E-state index contributed by atoms with van der Waals surface area (Å²) in [7, 11) is 0. The average molecular weight is 276 g/mol. The van der Waals surface area contributed by atoms with Crippen molar-refractivity contribution in [2.45, 2.75) is 25.9 Å². The molecule has 1 aliphatic carbocycles. The summed E-state index contributed by atoms with van der Waals surface area (Å²) in [6.07, 6.45) is 0.568. The number of aliphatic hydroxyl groups is 2. The Balaban J connectivity index is 2.34. The van der Waals surface area contributed by atoms with E-state index < -0.39 is 6.10 Å². The van der Waals surface area contributed by atoms with E-state index in [2.05, 4.69) is 0 Å². The molecule has 0 aromatic carbocycles. The standard InChI is InChI=1S/C12H20O5S/c1-8(14)17-5-9-2-3-12(16)11(9)7-18-6-10(15)4-13/h9-11,13,15H,2-7H2,1H3. The summed E-state index contributed by atoms with van der Waals surface area (Å²) in [6, 6.07) is 0. The van der Waals surface area contributed by atoms with Crippen LogP contribution in [-0.4, -0.2) is 52.8 Å². The molecule has 0 radical (unpaired) electrons. The van der Waals surface area contributed by atoms with Gasteiger partial charge in [0.2, 0.25) is 0 Å². The molecule has 1 aliphatic rings. The summed E-state index contributed by atoms with van der Waals surface area (Å²) in [5.41, 5.74) is 0. The van der Waals surface area contributed by atoms with Crippen LogP contribution >= 0.6 is 11.8 Å². The molecule has 1 saturated carbocycles. The van der Waals surface area contributed by atoms with Gasteiger partial charge >= 0.3 is 5.97 Å². The lowest BCUT2D eigenvalue weighted by atomic mass is 9.98. The van der Waals surface area contributed by atoms with E-state index in [1.807, 2.05) is 0 Å². The van der Waals surface area contributed by atoms with Crippen molar-refractivity contribution in [2.24, 2.45) is 11.8 Å². The van der Waals surface area contributed by atoms with Crippen LogP contribution in [0.3, 0.4) is 0 Å². The lowest BCUT2D eigenvalue weighted by molar-refractivity contribution is -0.143. The monoisotopic (exact) mass is 276 g/mol. The molecule has 0 heterocycles. The molecule has 5 nitrogen and oxygen atoms in total. The number of carbonyl (C=O) groups is 2. The number of esters is 1. The predicted molar refractivity (Wildman–Crippen MR) is 68.3 cm³/mol. The van der Waals surface area contributed by atoms with Gasteiger partial charge in [-0.15, -0.1) is 0 Å². The highest BCUT2D eigenvalue weighted by Gasteiger charge is 2.35. The van der Waals surface area contributed by atoms with Gasteiger partial charge in [-0.05, 0) is 6.42 Å².